The Morgan fingerprint density at radius 3 is 2.67 bits per heavy atom. The zero-order chi connectivity index (χ0) is 13.3. The van der Waals surface area contributed by atoms with E-state index in [-0.39, 0.29) is 17.0 Å². The van der Waals surface area contributed by atoms with E-state index in [4.69, 9.17) is 5.73 Å². The Morgan fingerprint density at radius 2 is 2.06 bits per heavy atom. The summed E-state index contributed by atoms with van der Waals surface area (Å²) >= 11 is 0. The molecule has 1 saturated heterocycles. The lowest BCUT2D eigenvalue weighted by molar-refractivity contribution is 0.246. The molecule has 2 N–H and O–H groups in total. The van der Waals surface area contributed by atoms with Gasteiger partial charge < -0.3 is 5.73 Å². The Balaban J connectivity index is 2.35. The number of hydrogen-bond acceptors (Lipinski definition) is 3. The van der Waals surface area contributed by atoms with Gasteiger partial charge in [-0.05, 0) is 31.9 Å². The molecule has 0 aliphatic carbocycles. The molecule has 4 nitrogen and oxygen atoms in total. The molecule has 0 aromatic heterocycles. The van der Waals surface area contributed by atoms with Gasteiger partial charge in [0.1, 0.15) is 10.7 Å². The van der Waals surface area contributed by atoms with Crippen LogP contribution in [0.4, 0.5) is 4.39 Å². The van der Waals surface area contributed by atoms with Crippen LogP contribution >= 0.6 is 0 Å². The summed E-state index contributed by atoms with van der Waals surface area (Å²) in [4.78, 5) is -0.257. The van der Waals surface area contributed by atoms with Crippen LogP contribution in [0.1, 0.15) is 19.8 Å². The molecule has 1 heterocycles. The van der Waals surface area contributed by atoms with Gasteiger partial charge >= 0.3 is 0 Å². The largest absolute Gasteiger partial charge is 0.328 e. The summed E-state index contributed by atoms with van der Waals surface area (Å²) in [7, 11) is -3.76. The van der Waals surface area contributed by atoms with Crippen molar-refractivity contribution in [3.8, 4) is 0 Å². The number of nitrogens with zero attached hydrogens (tertiary/aromatic N) is 1. The summed E-state index contributed by atoms with van der Waals surface area (Å²) in [6.45, 7) is 2.15. The van der Waals surface area contributed by atoms with Crippen molar-refractivity contribution in [2.24, 2.45) is 5.73 Å². The summed E-state index contributed by atoms with van der Waals surface area (Å²) in [6, 6.07) is 5.28. The van der Waals surface area contributed by atoms with E-state index in [1.54, 1.807) is 6.92 Å². The molecule has 2 unspecified atom stereocenters. The fourth-order valence-corrected chi connectivity index (χ4v) is 4.05. The van der Waals surface area contributed by atoms with E-state index >= 15 is 0 Å². The summed E-state index contributed by atoms with van der Waals surface area (Å²) < 4.78 is 39.7. The summed E-state index contributed by atoms with van der Waals surface area (Å²) in [6.07, 6.45) is 1.21. The van der Waals surface area contributed by atoms with Crippen LogP contribution in [0.25, 0.3) is 0 Å². The normalized spacial score (nSPS) is 26.2. The fraction of sp³-hybridized carbons (Fsp3) is 0.500. The fourth-order valence-electron chi connectivity index (χ4n) is 2.32. The molecule has 0 spiro atoms. The highest BCUT2D eigenvalue weighted by Gasteiger charge is 2.34. The highest BCUT2D eigenvalue weighted by atomic mass is 32.2. The van der Waals surface area contributed by atoms with E-state index in [1.807, 2.05) is 0 Å². The molecule has 1 aliphatic rings. The van der Waals surface area contributed by atoms with Crippen LogP contribution in [0.2, 0.25) is 0 Å². The first kappa shape index (κ1) is 13.5. The first-order chi connectivity index (χ1) is 8.43. The Kier molecular flexibility index (Phi) is 3.70. The van der Waals surface area contributed by atoms with Gasteiger partial charge in [-0.25, -0.2) is 12.8 Å². The number of benzene rings is 1. The van der Waals surface area contributed by atoms with Gasteiger partial charge in [0.15, 0.2) is 0 Å². The number of sulfonamides is 1. The Hall–Kier alpha value is -0.980. The zero-order valence-corrected chi connectivity index (χ0v) is 11.0. The van der Waals surface area contributed by atoms with Crippen molar-refractivity contribution < 1.29 is 12.8 Å². The Bertz CT molecular complexity index is 533. The van der Waals surface area contributed by atoms with E-state index in [0.717, 1.165) is 6.07 Å². The van der Waals surface area contributed by atoms with Gasteiger partial charge in [0.05, 0.1) is 0 Å². The molecule has 0 radical (unpaired) electrons. The standard InChI is InChI=1S/C12H17FN2O2S/c1-9-8-10(14)6-7-15(9)18(16,17)12-5-3-2-4-11(12)13/h2-5,9-10H,6-8,14H2,1H3. The van der Waals surface area contributed by atoms with E-state index in [2.05, 4.69) is 0 Å². The molecule has 100 valence electrons. The number of hydrogen-bond donors (Lipinski definition) is 1. The molecule has 1 aromatic carbocycles. The Labute approximate surface area is 107 Å². The van der Waals surface area contributed by atoms with Crippen molar-refractivity contribution in [1.82, 2.24) is 4.31 Å². The van der Waals surface area contributed by atoms with E-state index in [1.165, 1.54) is 22.5 Å². The van der Waals surface area contributed by atoms with Gasteiger partial charge in [-0.3, -0.25) is 0 Å². The average molecular weight is 272 g/mol. The summed E-state index contributed by atoms with van der Waals surface area (Å²) in [5, 5.41) is 0. The maximum Gasteiger partial charge on any atom is 0.246 e. The van der Waals surface area contributed by atoms with Crippen LogP contribution in [-0.2, 0) is 10.0 Å². The topological polar surface area (TPSA) is 63.4 Å². The van der Waals surface area contributed by atoms with Crippen molar-refractivity contribution >= 4 is 10.0 Å². The quantitative estimate of drug-likeness (QED) is 0.883. The predicted molar refractivity (Wildman–Crippen MR) is 67.0 cm³/mol. The monoisotopic (exact) mass is 272 g/mol. The lowest BCUT2D eigenvalue weighted by Crippen LogP contribution is -2.48. The van der Waals surface area contributed by atoms with Crippen molar-refractivity contribution in [3.63, 3.8) is 0 Å². The van der Waals surface area contributed by atoms with E-state index in [9.17, 15) is 12.8 Å². The second-order valence-corrected chi connectivity index (χ2v) is 6.54. The highest BCUT2D eigenvalue weighted by Crippen LogP contribution is 2.26. The van der Waals surface area contributed by atoms with Crippen LogP contribution in [0.15, 0.2) is 29.2 Å². The SMILES string of the molecule is CC1CC(N)CCN1S(=O)(=O)c1ccccc1F. The molecule has 1 aliphatic heterocycles. The molecule has 1 fully saturated rings. The molecule has 1 aromatic rings. The van der Waals surface area contributed by atoms with Crippen molar-refractivity contribution in [3.05, 3.63) is 30.1 Å². The maximum absolute atomic E-state index is 13.6. The van der Waals surface area contributed by atoms with E-state index < -0.39 is 15.8 Å². The third-order valence-corrected chi connectivity index (χ3v) is 5.33. The van der Waals surface area contributed by atoms with Gasteiger partial charge in [0, 0.05) is 18.6 Å². The molecule has 0 bridgehead atoms. The van der Waals surface area contributed by atoms with Crippen LogP contribution in [0.3, 0.4) is 0 Å². The van der Waals surface area contributed by atoms with E-state index in [0.29, 0.717) is 19.4 Å². The van der Waals surface area contributed by atoms with Crippen LogP contribution in [-0.4, -0.2) is 31.4 Å². The van der Waals surface area contributed by atoms with Gasteiger partial charge in [-0.1, -0.05) is 12.1 Å². The van der Waals surface area contributed by atoms with Gasteiger partial charge in [0.25, 0.3) is 0 Å². The molecular weight excluding hydrogens is 255 g/mol. The Morgan fingerprint density at radius 1 is 1.39 bits per heavy atom. The second kappa shape index (κ2) is 4.95. The van der Waals surface area contributed by atoms with Crippen LogP contribution in [0.5, 0.6) is 0 Å². The van der Waals surface area contributed by atoms with Gasteiger partial charge in [-0.15, -0.1) is 0 Å². The second-order valence-electron chi connectivity index (χ2n) is 4.68. The lowest BCUT2D eigenvalue weighted by Gasteiger charge is -2.35. The minimum atomic E-state index is -3.76. The van der Waals surface area contributed by atoms with Crippen molar-refractivity contribution in [1.29, 1.82) is 0 Å². The third-order valence-electron chi connectivity index (χ3n) is 3.28. The molecule has 2 rings (SSSR count). The van der Waals surface area contributed by atoms with Crippen LogP contribution < -0.4 is 5.73 Å². The number of piperidine rings is 1. The molecule has 0 amide bonds. The van der Waals surface area contributed by atoms with Gasteiger partial charge in [-0.2, -0.15) is 4.31 Å². The first-order valence-electron chi connectivity index (χ1n) is 5.95. The minimum Gasteiger partial charge on any atom is -0.328 e. The smallest absolute Gasteiger partial charge is 0.246 e. The zero-order valence-electron chi connectivity index (χ0n) is 10.2. The minimum absolute atomic E-state index is 0.0204. The number of nitrogens with two attached hydrogens (primary N) is 1. The third kappa shape index (κ3) is 2.41. The van der Waals surface area contributed by atoms with Crippen LogP contribution in [0, 0.1) is 5.82 Å². The molecule has 6 heteroatoms. The maximum atomic E-state index is 13.6. The highest BCUT2D eigenvalue weighted by molar-refractivity contribution is 7.89. The molecule has 18 heavy (non-hydrogen) atoms. The first-order valence-corrected chi connectivity index (χ1v) is 7.39. The molecule has 0 saturated carbocycles. The van der Waals surface area contributed by atoms with Crippen molar-refractivity contribution in [2.45, 2.75) is 36.7 Å². The number of rotatable bonds is 2. The molecule has 2 atom stereocenters. The molecular formula is C12H17FN2O2S. The predicted octanol–water partition coefficient (Wildman–Crippen LogP) is 1.33. The number of halogens is 1. The van der Waals surface area contributed by atoms with Gasteiger partial charge in [0.2, 0.25) is 10.0 Å². The summed E-state index contributed by atoms with van der Waals surface area (Å²) in [5.41, 5.74) is 5.80. The lowest BCUT2D eigenvalue weighted by atomic mass is 10.0. The summed E-state index contributed by atoms with van der Waals surface area (Å²) in [5.74, 6) is -0.709. The average Bonchev–Trinajstić information content (AvgIpc) is 2.28. The van der Waals surface area contributed by atoms with Crippen molar-refractivity contribution in [2.75, 3.05) is 6.54 Å².